The molecule has 0 amide bonds. The molecule has 1 unspecified atom stereocenters. The van der Waals surface area contributed by atoms with E-state index in [0.29, 0.717) is 0 Å². The lowest BCUT2D eigenvalue weighted by atomic mass is 9.93. The van der Waals surface area contributed by atoms with Crippen molar-refractivity contribution < 1.29 is 0 Å². The monoisotopic (exact) mass is 180 g/mol. The van der Waals surface area contributed by atoms with Crippen molar-refractivity contribution in [1.82, 2.24) is 0 Å². The molecule has 0 rings (SSSR count). The molecule has 0 bridgehead atoms. The fourth-order valence-electron chi connectivity index (χ4n) is 1.64. The maximum atomic E-state index is 2.29. The second-order valence-corrected chi connectivity index (χ2v) is 3.81. The molecule has 0 heterocycles. The van der Waals surface area contributed by atoms with Gasteiger partial charge in [0.1, 0.15) is 0 Å². The molecule has 0 nitrogen and oxygen atoms in total. The SMILES string of the molecule is CC=CC=C(C)CC(CC)CCC. The predicted octanol–water partition coefficient (Wildman–Crippen LogP) is 4.73. The molecule has 0 spiro atoms. The van der Waals surface area contributed by atoms with Crippen molar-refractivity contribution in [3.05, 3.63) is 23.8 Å². The van der Waals surface area contributed by atoms with Gasteiger partial charge in [0.2, 0.25) is 0 Å². The fraction of sp³-hybridized carbons (Fsp3) is 0.692. The van der Waals surface area contributed by atoms with Gasteiger partial charge in [0.05, 0.1) is 0 Å². The van der Waals surface area contributed by atoms with Gasteiger partial charge < -0.3 is 0 Å². The van der Waals surface area contributed by atoms with E-state index in [1.807, 2.05) is 0 Å². The van der Waals surface area contributed by atoms with Crippen molar-refractivity contribution in [2.45, 2.75) is 53.4 Å². The summed E-state index contributed by atoms with van der Waals surface area (Å²) in [5.41, 5.74) is 1.51. The summed E-state index contributed by atoms with van der Waals surface area (Å²) in [6.45, 7) is 8.86. The molecule has 0 aliphatic heterocycles. The van der Waals surface area contributed by atoms with Crippen molar-refractivity contribution in [3.63, 3.8) is 0 Å². The topological polar surface area (TPSA) is 0 Å². The number of rotatable bonds is 6. The Kier molecular flexibility index (Phi) is 7.77. The molecule has 0 aromatic carbocycles. The second kappa shape index (κ2) is 8.10. The Hall–Kier alpha value is -0.520. The minimum absolute atomic E-state index is 0.895. The average molecular weight is 180 g/mol. The third kappa shape index (κ3) is 6.62. The van der Waals surface area contributed by atoms with Gasteiger partial charge in [-0.15, -0.1) is 0 Å². The third-order valence-electron chi connectivity index (χ3n) is 2.46. The molecule has 0 saturated carbocycles. The van der Waals surface area contributed by atoms with Gasteiger partial charge in [0.25, 0.3) is 0 Å². The van der Waals surface area contributed by atoms with Crippen LogP contribution < -0.4 is 0 Å². The largest absolute Gasteiger partial charge is 0.0877 e. The van der Waals surface area contributed by atoms with Gasteiger partial charge in [0, 0.05) is 0 Å². The van der Waals surface area contributed by atoms with Gasteiger partial charge in [-0.05, 0) is 26.2 Å². The molecule has 0 aliphatic rings. The van der Waals surface area contributed by atoms with Crippen molar-refractivity contribution >= 4 is 0 Å². The lowest BCUT2D eigenvalue weighted by Crippen LogP contribution is -1.98. The van der Waals surface area contributed by atoms with Gasteiger partial charge in [-0.1, -0.05) is 56.9 Å². The van der Waals surface area contributed by atoms with Crippen molar-refractivity contribution in [1.29, 1.82) is 0 Å². The summed E-state index contributed by atoms with van der Waals surface area (Å²) >= 11 is 0. The lowest BCUT2D eigenvalue weighted by Gasteiger charge is -2.13. The molecule has 0 fully saturated rings. The molecule has 0 aromatic rings. The van der Waals surface area contributed by atoms with E-state index in [0.717, 1.165) is 5.92 Å². The first-order valence-electron chi connectivity index (χ1n) is 5.53. The number of hydrogen-bond acceptors (Lipinski definition) is 0. The molecule has 13 heavy (non-hydrogen) atoms. The fourth-order valence-corrected chi connectivity index (χ4v) is 1.64. The van der Waals surface area contributed by atoms with E-state index < -0.39 is 0 Å². The Balaban J connectivity index is 3.91. The molecule has 0 aromatic heterocycles. The van der Waals surface area contributed by atoms with E-state index in [9.17, 15) is 0 Å². The zero-order chi connectivity index (χ0) is 10.1. The summed E-state index contributed by atoms with van der Waals surface area (Å²) in [5.74, 6) is 0.895. The lowest BCUT2D eigenvalue weighted by molar-refractivity contribution is 0.460. The Morgan fingerprint density at radius 1 is 1.31 bits per heavy atom. The van der Waals surface area contributed by atoms with Crippen molar-refractivity contribution in [2.24, 2.45) is 5.92 Å². The van der Waals surface area contributed by atoms with Crippen LogP contribution in [-0.4, -0.2) is 0 Å². The van der Waals surface area contributed by atoms with E-state index in [1.54, 1.807) is 0 Å². The highest BCUT2D eigenvalue weighted by Gasteiger charge is 2.04. The Bertz CT molecular complexity index is 163. The summed E-state index contributed by atoms with van der Waals surface area (Å²) in [4.78, 5) is 0. The molecular formula is C13H24. The summed E-state index contributed by atoms with van der Waals surface area (Å²) in [6.07, 6.45) is 11.7. The first kappa shape index (κ1) is 12.5. The van der Waals surface area contributed by atoms with E-state index >= 15 is 0 Å². The molecule has 0 radical (unpaired) electrons. The van der Waals surface area contributed by atoms with Crippen molar-refractivity contribution in [2.75, 3.05) is 0 Å². The molecule has 76 valence electrons. The van der Waals surface area contributed by atoms with Gasteiger partial charge in [-0.2, -0.15) is 0 Å². The predicted molar refractivity (Wildman–Crippen MR) is 61.9 cm³/mol. The quantitative estimate of drug-likeness (QED) is 0.519. The standard InChI is InChI=1S/C13H24/c1-5-8-10-12(4)11-13(7-3)9-6-2/h5,8,10,13H,6-7,9,11H2,1-4H3. The molecule has 0 saturated heterocycles. The highest BCUT2D eigenvalue weighted by molar-refractivity contribution is 5.10. The number of hydrogen-bond donors (Lipinski definition) is 0. The van der Waals surface area contributed by atoms with Crippen LogP contribution in [0.2, 0.25) is 0 Å². The van der Waals surface area contributed by atoms with Crippen molar-refractivity contribution in [3.8, 4) is 0 Å². The zero-order valence-electron chi connectivity index (χ0n) is 9.64. The summed E-state index contributed by atoms with van der Waals surface area (Å²) < 4.78 is 0. The van der Waals surface area contributed by atoms with Crippen LogP contribution >= 0.6 is 0 Å². The van der Waals surface area contributed by atoms with Crippen LogP contribution in [0, 0.1) is 5.92 Å². The van der Waals surface area contributed by atoms with E-state index in [-0.39, 0.29) is 0 Å². The minimum Gasteiger partial charge on any atom is -0.0877 e. The maximum absolute atomic E-state index is 2.29. The Labute approximate surface area is 83.7 Å². The van der Waals surface area contributed by atoms with Crippen LogP contribution in [0.3, 0.4) is 0 Å². The highest BCUT2D eigenvalue weighted by Crippen LogP contribution is 2.19. The van der Waals surface area contributed by atoms with E-state index in [2.05, 4.69) is 45.9 Å². The Morgan fingerprint density at radius 2 is 2.00 bits per heavy atom. The van der Waals surface area contributed by atoms with E-state index in [1.165, 1.54) is 31.3 Å². The van der Waals surface area contributed by atoms with Crippen LogP contribution in [0.25, 0.3) is 0 Å². The average Bonchev–Trinajstić information content (AvgIpc) is 2.14. The number of allylic oxidation sites excluding steroid dienone is 4. The minimum atomic E-state index is 0.895. The maximum Gasteiger partial charge on any atom is -0.0292 e. The second-order valence-electron chi connectivity index (χ2n) is 3.81. The first-order valence-corrected chi connectivity index (χ1v) is 5.53. The van der Waals surface area contributed by atoms with E-state index in [4.69, 9.17) is 0 Å². The van der Waals surface area contributed by atoms with Crippen LogP contribution in [0.4, 0.5) is 0 Å². The molecule has 1 atom stereocenters. The first-order chi connectivity index (χ1) is 6.24. The molecule has 0 heteroatoms. The summed E-state index contributed by atoms with van der Waals surface area (Å²) in [7, 11) is 0. The smallest absolute Gasteiger partial charge is 0.0292 e. The summed E-state index contributed by atoms with van der Waals surface area (Å²) in [5, 5.41) is 0. The molecular weight excluding hydrogens is 156 g/mol. The van der Waals surface area contributed by atoms with Crippen LogP contribution in [0.5, 0.6) is 0 Å². The molecule has 0 aliphatic carbocycles. The summed E-state index contributed by atoms with van der Waals surface area (Å²) in [6, 6.07) is 0. The van der Waals surface area contributed by atoms with Gasteiger partial charge in [-0.25, -0.2) is 0 Å². The zero-order valence-corrected chi connectivity index (χ0v) is 9.64. The van der Waals surface area contributed by atoms with Gasteiger partial charge in [0.15, 0.2) is 0 Å². The van der Waals surface area contributed by atoms with Gasteiger partial charge >= 0.3 is 0 Å². The van der Waals surface area contributed by atoms with Crippen LogP contribution in [0.1, 0.15) is 53.4 Å². The van der Waals surface area contributed by atoms with Crippen LogP contribution in [0.15, 0.2) is 23.8 Å². The third-order valence-corrected chi connectivity index (χ3v) is 2.46. The normalized spacial score (nSPS) is 15.2. The van der Waals surface area contributed by atoms with Gasteiger partial charge in [-0.3, -0.25) is 0 Å². The Morgan fingerprint density at radius 3 is 2.46 bits per heavy atom. The highest BCUT2D eigenvalue weighted by atomic mass is 14.1. The molecule has 0 N–H and O–H groups in total. The van der Waals surface area contributed by atoms with Crippen LogP contribution in [-0.2, 0) is 0 Å².